The van der Waals surface area contributed by atoms with Gasteiger partial charge in [-0.1, -0.05) is 67.1 Å². The molecule has 1 aliphatic heterocycles. The first-order valence-electron chi connectivity index (χ1n) is 10.4. The van der Waals surface area contributed by atoms with Gasteiger partial charge in [-0.05, 0) is 30.4 Å². The third kappa shape index (κ3) is 6.08. The van der Waals surface area contributed by atoms with Gasteiger partial charge in [-0.2, -0.15) is 0 Å². The first kappa shape index (κ1) is 20.9. The SMILES string of the molecule is Cc1ccc(CC(=O)N2CCN(C(=O)NCCC(C)c3ccccc3)CC2)cc1. The van der Waals surface area contributed by atoms with E-state index in [0.717, 1.165) is 12.0 Å². The lowest BCUT2D eigenvalue weighted by Crippen LogP contribution is -2.53. The number of piperazine rings is 1. The molecule has 0 spiro atoms. The minimum Gasteiger partial charge on any atom is -0.339 e. The van der Waals surface area contributed by atoms with Gasteiger partial charge in [0, 0.05) is 32.7 Å². The molecule has 1 unspecified atom stereocenters. The van der Waals surface area contributed by atoms with Crippen molar-refractivity contribution >= 4 is 11.9 Å². The average molecular weight is 394 g/mol. The average Bonchev–Trinajstić information content (AvgIpc) is 2.76. The van der Waals surface area contributed by atoms with Crippen molar-refractivity contribution in [2.45, 2.75) is 32.6 Å². The van der Waals surface area contributed by atoms with E-state index in [1.807, 2.05) is 59.2 Å². The minimum absolute atomic E-state index is 0.0316. The van der Waals surface area contributed by atoms with E-state index in [9.17, 15) is 9.59 Å². The zero-order valence-corrected chi connectivity index (χ0v) is 17.4. The Labute approximate surface area is 173 Å². The number of urea groups is 1. The molecule has 1 N–H and O–H groups in total. The molecular formula is C24H31N3O2. The van der Waals surface area contributed by atoms with Crippen molar-refractivity contribution in [2.24, 2.45) is 0 Å². The molecule has 3 amide bonds. The van der Waals surface area contributed by atoms with Crippen LogP contribution in [0.4, 0.5) is 4.79 Å². The van der Waals surface area contributed by atoms with Crippen LogP contribution in [0.3, 0.4) is 0 Å². The molecule has 0 aliphatic carbocycles. The summed E-state index contributed by atoms with van der Waals surface area (Å²) < 4.78 is 0. The molecule has 0 bridgehead atoms. The molecule has 154 valence electrons. The van der Waals surface area contributed by atoms with Gasteiger partial charge in [-0.15, -0.1) is 0 Å². The second-order valence-electron chi connectivity index (χ2n) is 7.86. The third-order valence-electron chi connectivity index (χ3n) is 5.62. The molecule has 1 aliphatic rings. The number of hydrogen-bond donors (Lipinski definition) is 1. The van der Waals surface area contributed by atoms with Gasteiger partial charge in [0.15, 0.2) is 0 Å². The summed E-state index contributed by atoms with van der Waals surface area (Å²) >= 11 is 0. The molecule has 0 saturated carbocycles. The van der Waals surface area contributed by atoms with Gasteiger partial charge in [0.1, 0.15) is 0 Å². The Kier molecular flexibility index (Phi) is 7.28. The van der Waals surface area contributed by atoms with Crippen molar-refractivity contribution in [1.82, 2.24) is 15.1 Å². The summed E-state index contributed by atoms with van der Waals surface area (Å²) in [6, 6.07) is 18.4. The summed E-state index contributed by atoms with van der Waals surface area (Å²) in [6.07, 6.45) is 1.33. The van der Waals surface area contributed by atoms with Crippen LogP contribution in [-0.2, 0) is 11.2 Å². The molecule has 2 aromatic rings. The molecule has 1 heterocycles. The first-order valence-corrected chi connectivity index (χ1v) is 10.4. The second-order valence-corrected chi connectivity index (χ2v) is 7.86. The van der Waals surface area contributed by atoms with Crippen LogP contribution in [0.25, 0.3) is 0 Å². The topological polar surface area (TPSA) is 52.7 Å². The molecule has 2 aromatic carbocycles. The molecule has 5 heteroatoms. The number of amides is 3. The quantitative estimate of drug-likeness (QED) is 0.815. The Morgan fingerprint density at radius 2 is 1.55 bits per heavy atom. The fourth-order valence-corrected chi connectivity index (χ4v) is 3.61. The molecule has 0 aromatic heterocycles. The van der Waals surface area contributed by atoms with E-state index in [1.165, 1.54) is 11.1 Å². The summed E-state index contributed by atoms with van der Waals surface area (Å²) in [4.78, 5) is 28.6. The summed E-state index contributed by atoms with van der Waals surface area (Å²) in [6.45, 7) is 7.23. The van der Waals surface area contributed by atoms with Gasteiger partial charge in [0.25, 0.3) is 0 Å². The van der Waals surface area contributed by atoms with E-state index < -0.39 is 0 Å². The Bertz CT molecular complexity index is 797. The number of carbonyl (C=O) groups is 2. The van der Waals surface area contributed by atoms with Gasteiger partial charge in [0.2, 0.25) is 5.91 Å². The lowest BCUT2D eigenvalue weighted by atomic mass is 9.98. The van der Waals surface area contributed by atoms with Crippen molar-refractivity contribution in [1.29, 1.82) is 0 Å². The van der Waals surface area contributed by atoms with Crippen molar-refractivity contribution in [2.75, 3.05) is 32.7 Å². The van der Waals surface area contributed by atoms with Crippen LogP contribution >= 0.6 is 0 Å². The second kappa shape index (κ2) is 10.1. The largest absolute Gasteiger partial charge is 0.339 e. The number of nitrogens with zero attached hydrogens (tertiary/aromatic N) is 2. The number of benzene rings is 2. The zero-order chi connectivity index (χ0) is 20.6. The first-order chi connectivity index (χ1) is 14.0. The highest BCUT2D eigenvalue weighted by molar-refractivity contribution is 5.79. The van der Waals surface area contributed by atoms with E-state index in [1.54, 1.807) is 0 Å². The summed E-state index contributed by atoms with van der Waals surface area (Å²) in [5.74, 6) is 0.540. The van der Waals surface area contributed by atoms with Crippen molar-refractivity contribution < 1.29 is 9.59 Å². The number of nitrogens with one attached hydrogen (secondary N) is 1. The summed E-state index contributed by atoms with van der Waals surface area (Å²) in [7, 11) is 0. The highest BCUT2D eigenvalue weighted by atomic mass is 16.2. The highest BCUT2D eigenvalue weighted by Gasteiger charge is 2.24. The fourth-order valence-electron chi connectivity index (χ4n) is 3.61. The lowest BCUT2D eigenvalue weighted by Gasteiger charge is -2.35. The van der Waals surface area contributed by atoms with Crippen LogP contribution in [0.5, 0.6) is 0 Å². The van der Waals surface area contributed by atoms with Gasteiger partial charge in [0.05, 0.1) is 6.42 Å². The van der Waals surface area contributed by atoms with Crippen LogP contribution in [0.15, 0.2) is 54.6 Å². The number of carbonyl (C=O) groups excluding carboxylic acids is 2. The van der Waals surface area contributed by atoms with Gasteiger partial charge >= 0.3 is 6.03 Å². The maximum atomic E-state index is 12.5. The smallest absolute Gasteiger partial charge is 0.317 e. The number of aryl methyl sites for hydroxylation is 1. The Balaban J connectivity index is 1.37. The number of rotatable bonds is 6. The Morgan fingerprint density at radius 1 is 0.931 bits per heavy atom. The zero-order valence-electron chi connectivity index (χ0n) is 17.4. The predicted octanol–water partition coefficient (Wildman–Crippen LogP) is 3.59. The standard InChI is InChI=1S/C24H31N3O2/c1-19-8-10-21(11-9-19)18-23(28)26-14-16-27(17-15-26)24(29)25-13-12-20(2)22-6-4-3-5-7-22/h3-11,20H,12-18H2,1-2H3,(H,25,29). The molecule has 1 atom stereocenters. The maximum absolute atomic E-state index is 12.5. The summed E-state index contributed by atoms with van der Waals surface area (Å²) in [5.41, 5.74) is 3.52. The van der Waals surface area contributed by atoms with Crippen LogP contribution in [0.1, 0.15) is 36.0 Å². The minimum atomic E-state index is -0.0316. The monoisotopic (exact) mass is 393 g/mol. The molecule has 0 radical (unpaired) electrons. The van der Waals surface area contributed by atoms with E-state index >= 15 is 0 Å². The summed E-state index contributed by atoms with van der Waals surface area (Å²) in [5, 5.41) is 3.03. The third-order valence-corrected chi connectivity index (χ3v) is 5.62. The van der Waals surface area contributed by atoms with E-state index in [-0.39, 0.29) is 11.9 Å². The lowest BCUT2D eigenvalue weighted by molar-refractivity contribution is -0.131. The maximum Gasteiger partial charge on any atom is 0.317 e. The molecule has 5 nitrogen and oxygen atoms in total. The highest BCUT2D eigenvalue weighted by Crippen LogP contribution is 2.17. The van der Waals surface area contributed by atoms with Gasteiger partial charge in [-0.25, -0.2) is 4.79 Å². The van der Waals surface area contributed by atoms with Crippen molar-refractivity contribution in [3.63, 3.8) is 0 Å². The Morgan fingerprint density at radius 3 is 2.21 bits per heavy atom. The molecule has 1 saturated heterocycles. The number of hydrogen-bond acceptors (Lipinski definition) is 2. The van der Waals surface area contributed by atoms with Crippen LogP contribution < -0.4 is 5.32 Å². The van der Waals surface area contributed by atoms with Crippen LogP contribution in [0.2, 0.25) is 0 Å². The Hall–Kier alpha value is -2.82. The van der Waals surface area contributed by atoms with E-state index in [2.05, 4.69) is 24.4 Å². The van der Waals surface area contributed by atoms with Crippen LogP contribution in [-0.4, -0.2) is 54.5 Å². The molecule has 3 rings (SSSR count). The van der Waals surface area contributed by atoms with Crippen molar-refractivity contribution in [3.05, 3.63) is 71.3 Å². The van der Waals surface area contributed by atoms with E-state index in [4.69, 9.17) is 0 Å². The van der Waals surface area contributed by atoms with E-state index in [0.29, 0.717) is 45.1 Å². The molecule has 29 heavy (non-hydrogen) atoms. The van der Waals surface area contributed by atoms with Crippen molar-refractivity contribution in [3.8, 4) is 0 Å². The molecular weight excluding hydrogens is 362 g/mol. The van der Waals surface area contributed by atoms with Gasteiger partial charge < -0.3 is 15.1 Å². The fraction of sp³-hybridized carbons (Fsp3) is 0.417. The van der Waals surface area contributed by atoms with Gasteiger partial charge in [-0.3, -0.25) is 4.79 Å². The normalized spacial score (nSPS) is 15.1. The van der Waals surface area contributed by atoms with Crippen LogP contribution in [0, 0.1) is 6.92 Å². The predicted molar refractivity (Wildman–Crippen MR) is 116 cm³/mol. The molecule has 1 fully saturated rings.